The molecule has 0 radical (unpaired) electrons. The summed E-state index contributed by atoms with van der Waals surface area (Å²) in [5.74, 6) is 0.261. The van der Waals surface area contributed by atoms with Crippen LogP contribution in [-0.4, -0.2) is 61.8 Å². The Labute approximate surface area is 187 Å². The molecule has 9 heteroatoms. The van der Waals surface area contributed by atoms with Gasteiger partial charge in [-0.15, -0.1) is 0 Å². The predicted octanol–water partition coefficient (Wildman–Crippen LogP) is 3.55. The monoisotopic (exact) mass is 443 g/mol. The minimum Gasteiger partial charge on any atom is -0.444 e. The lowest BCUT2D eigenvalue weighted by Crippen LogP contribution is -2.54. The van der Waals surface area contributed by atoms with Crippen LogP contribution in [0.25, 0.3) is 5.82 Å². The molecular weight excluding hydrogens is 413 g/mol. The van der Waals surface area contributed by atoms with Crippen molar-refractivity contribution in [3.8, 4) is 5.82 Å². The molecular formula is C23H30FN5O3. The first-order chi connectivity index (χ1) is 15.2. The van der Waals surface area contributed by atoms with Crippen molar-refractivity contribution in [2.24, 2.45) is 5.41 Å². The molecule has 2 fully saturated rings. The molecule has 0 bridgehead atoms. The Balaban J connectivity index is 1.38. The van der Waals surface area contributed by atoms with E-state index in [4.69, 9.17) is 4.74 Å². The molecule has 0 aliphatic carbocycles. The third kappa shape index (κ3) is 4.76. The zero-order valence-electron chi connectivity index (χ0n) is 18.9. The minimum absolute atomic E-state index is 0.158. The molecule has 2 saturated heterocycles. The van der Waals surface area contributed by atoms with Gasteiger partial charge < -0.3 is 14.5 Å². The molecule has 0 aromatic carbocycles. The number of halogens is 1. The highest BCUT2D eigenvalue weighted by Crippen LogP contribution is 2.41. The third-order valence-corrected chi connectivity index (χ3v) is 6.16. The van der Waals surface area contributed by atoms with Crippen LogP contribution in [0.2, 0.25) is 0 Å². The van der Waals surface area contributed by atoms with Gasteiger partial charge in [0.2, 0.25) is 5.91 Å². The van der Waals surface area contributed by atoms with Crippen LogP contribution >= 0.6 is 0 Å². The number of amides is 2. The number of piperidine rings is 2. The molecule has 2 amide bonds. The van der Waals surface area contributed by atoms with Crippen molar-refractivity contribution in [2.45, 2.75) is 58.6 Å². The second-order valence-corrected chi connectivity index (χ2v) is 9.71. The molecule has 0 N–H and O–H groups in total. The molecule has 0 saturated carbocycles. The zero-order chi connectivity index (χ0) is 22.9. The van der Waals surface area contributed by atoms with Gasteiger partial charge in [-0.3, -0.25) is 4.79 Å². The molecule has 32 heavy (non-hydrogen) atoms. The highest BCUT2D eigenvalue weighted by molar-refractivity contribution is 5.84. The summed E-state index contributed by atoms with van der Waals surface area (Å²) < 4.78 is 20.0. The van der Waals surface area contributed by atoms with E-state index >= 15 is 0 Å². The lowest BCUT2D eigenvalue weighted by molar-refractivity contribution is -0.150. The first kappa shape index (κ1) is 22.2. The fraction of sp³-hybridized carbons (Fsp3) is 0.565. The maximum absolute atomic E-state index is 13.4. The number of carbonyl (C=O) groups is 2. The van der Waals surface area contributed by atoms with Crippen LogP contribution in [-0.2, 0) is 16.1 Å². The summed E-state index contributed by atoms with van der Waals surface area (Å²) in [4.78, 5) is 33.8. The summed E-state index contributed by atoms with van der Waals surface area (Å²) in [6, 6.07) is 3.66. The standard InChI is InChI=1S/C23H30FN5O3/c1-22(2,3)32-21(31)27-11-8-23(9-12-27)7-4-10-28(20(23)30)15-17-5-6-19(25-13-17)29-16-18(24)14-26-29/h5-6,13-14,16H,4,7-12,15H2,1-3H3. The predicted molar refractivity (Wildman–Crippen MR) is 115 cm³/mol. The average Bonchev–Trinajstić information content (AvgIpc) is 3.18. The Bertz CT molecular complexity index is 974. The summed E-state index contributed by atoms with van der Waals surface area (Å²) in [6.07, 6.45) is 6.90. The molecule has 8 nitrogen and oxygen atoms in total. The normalized spacial score (nSPS) is 18.8. The molecule has 4 heterocycles. The maximum atomic E-state index is 13.4. The van der Waals surface area contributed by atoms with E-state index < -0.39 is 16.8 Å². The first-order valence-electron chi connectivity index (χ1n) is 11.1. The van der Waals surface area contributed by atoms with E-state index in [1.165, 1.54) is 10.9 Å². The lowest BCUT2D eigenvalue weighted by Gasteiger charge is -2.46. The van der Waals surface area contributed by atoms with E-state index in [1.54, 1.807) is 17.2 Å². The Hall–Kier alpha value is -2.97. The van der Waals surface area contributed by atoms with Crippen LogP contribution in [0.3, 0.4) is 0 Å². The summed E-state index contributed by atoms with van der Waals surface area (Å²) in [5.41, 5.74) is -0.0202. The van der Waals surface area contributed by atoms with Gasteiger partial charge in [0, 0.05) is 32.4 Å². The number of likely N-dealkylation sites (tertiary alicyclic amines) is 2. The summed E-state index contributed by atoms with van der Waals surface area (Å²) in [5, 5.41) is 3.92. The lowest BCUT2D eigenvalue weighted by atomic mass is 9.71. The van der Waals surface area contributed by atoms with Gasteiger partial charge in [-0.2, -0.15) is 5.10 Å². The number of rotatable bonds is 3. The smallest absolute Gasteiger partial charge is 0.410 e. The fourth-order valence-electron chi connectivity index (χ4n) is 4.50. The minimum atomic E-state index is -0.529. The largest absolute Gasteiger partial charge is 0.444 e. The highest BCUT2D eigenvalue weighted by atomic mass is 19.1. The van der Waals surface area contributed by atoms with E-state index in [2.05, 4.69) is 10.1 Å². The van der Waals surface area contributed by atoms with Crippen LogP contribution < -0.4 is 0 Å². The van der Waals surface area contributed by atoms with Gasteiger partial charge >= 0.3 is 6.09 Å². The van der Waals surface area contributed by atoms with Crippen molar-refractivity contribution >= 4 is 12.0 Å². The topological polar surface area (TPSA) is 80.6 Å². The van der Waals surface area contributed by atoms with Gasteiger partial charge in [-0.25, -0.2) is 18.9 Å². The van der Waals surface area contributed by atoms with Crippen LogP contribution in [0.1, 0.15) is 52.0 Å². The SMILES string of the molecule is CC(C)(C)OC(=O)N1CCC2(CCCN(Cc3ccc(-n4cc(F)cn4)nc3)C2=O)CC1. The second kappa shape index (κ2) is 8.52. The van der Waals surface area contributed by atoms with Crippen LogP contribution in [0, 0.1) is 11.2 Å². The van der Waals surface area contributed by atoms with Crippen LogP contribution in [0.15, 0.2) is 30.7 Å². The molecule has 2 aliphatic rings. The van der Waals surface area contributed by atoms with E-state index in [0.29, 0.717) is 44.8 Å². The highest BCUT2D eigenvalue weighted by Gasteiger charge is 2.46. The first-order valence-corrected chi connectivity index (χ1v) is 11.1. The summed E-state index contributed by atoms with van der Waals surface area (Å²) in [6.45, 7) is 7.82. The van der Waals surface area contributed by atoms with Crippen molar-refractivity contribution < 1.29 is 18.7 Å². The molecule has 172 valence electrons. The molecule has 0 unspecified atom stereocenters. The second-order valence-electron chi connectivity index (χ2n) is 9.71. The molecule has 2 aromatic rings. The number of aromatic nitrogens is 3. The summed E-state index contributed by atoms with van der Waals surface area (Å²) in [7, 11) is 0. The molecule has 1 spiro atoms. The number of ether oxygens (including phenoxy) is 1. The number of hydrogen-bond acceptors (Lipinski definition) is 5. The van der Waals surface area contributed by atoms with E-state index in [9.17, 15) is 14.0 Å². The van der Waals surface area contributed by atoms with Gasteiger partial charge in [0.25, 0.3) is 0 Å². The fourth-order valence-corrected chi connectivity index (χ4v) is 4.50. The van der Waals surface area contributed by atoms with Crippen molar-refractivity contribution in [1.82, 2.24) is 24.6 Å². The molecule has 2 aliphatic heterocycles. The Morgan fingerprint density at radius 2 is 1.91 bits per heavy atom. The molecule has 0 atom stereocenters. The quantitative estimate of drug-likeness (QED) is 0.725. The number of nitrogens with zero attached hydrogens (tertiary/aromatic N) is 5. The number of pyridine rings is 1. The van der Waals surface area contributed by atoms with Gasteiger partial charge in [-0.1, -0.05) is 6.07 Å². The number of carbonyl (C=O) groups excluding carboxylic acids is 2. The van der Waals surface area contributed by atoms with Crippen molar-refractivity contribution in [3.63, 3.8) is 0 Å². The van der Waals surface area contributed by atoms with Crippen LogP contribution in [0.4, 0.5) is 9.18 Å². The Morgan fingerprint density at radius 3 is 2.50 bits per heavy atom. The summed E-state index contributed by atoms with van der Waals surface area (Å²) >= 11 is 0. The van der Waals surface area contributed by atoms with E-state index in [1.807, 2.05) is 31.7 Å². The van der Waals surface area contributed by atoms with Crippen LogP contribution in [0.5, 0.6) is 0 Å². The van der Waals surface area contributed by atoms with Gasteiger partial charge in [0.05, 0.1) is 17.8 Å². The maximum Gasteiger partial charge on any atom is 0.410 e. The Kier molecular flexibility index (Phi) is 5.92. The molecule has 4 rings (SSSR count). The van der Waals surface area contributed by atoms with E-state index in [-0.39, 0.29) is 12.0 Å². The third-order valence-electron chi connectivity index (χ3n) is 6.16. The average molecular weight is 444 g/mol. The zero-order valence-corrected chi connectivity index (χ0v) is 18.9. The Morgan fingerprint density at radius 1 is 1.16 bits per heavy atom. The van der Waals surface area contributed by atoms with E-state index in [0.717, 1.165) is 24.6 Å². The number of hydrogen-bond donors (Lipinski definition) is 0. The van der Waals surface area contributed by atoms with Crippen molar-refractivity contribution in [1.29, 1.82) is 0 Å². The van der Waals surface area contributed by atoms with Crippen molar-refractivity contribution in [2.75, 3.05) is 19.6 Å². The van der Waals surface area contributed by atoms with Crippen molar-refractivity contribution in [3.05, 3.63) is 42.1 Å². The van der Waals surface area contributed by atoms with Gasteiger partial charge in [0.15, 0.2) is 11.6 Å². The van der Waals surface area contributed by atoms with Gasteiger partial charge in [-0.05, 0) is 58.1 Å². The molecule has 2 aromatic heterocycles. The van der Waals surface area contributed by atoms with Gasteiger partial charge in [0.1, 0.15) is 5.60 Å².